The van der Waals surface area contributed by atoms with Gasteiger partial charge in [0.15, 0.2) is 0 Å². The first-order valence-corrected chi connectivity index (χ1v) is 5.64. The lowest BCUT2D eigenvalue weighted by Gasteiger charge is -2.03. The van der Waals surface area contributed by atoms with Crippen molar-refractivity contribution in [1.82, 2.24) is 4.98 Å². The van der Waals surface area contributed by atoms with Crippen molar-refractivity contribution < 1.29 is 0 Å². The fraction of sp³-hybridized carbons (Fsp3) is 0.154. The SMILES string of the molecule is SCCc1cccc(-c2ccccn2)c1. The molecule has 1 aromatic heterocycles. The van der Waals surface area contributed by atoms with Gasteiger partial charge in [-0.3, -0.25) is 4.98 Å². The van der Waals surface area contributed by atoms with Gasteiger partial charge in [0.05, 0.1) is 5.69 Å². The second kappa shape index (κ2) is 4.99. The maximum Gasteiger partial charge on any atom is 0.0702 e. The van der Waals surface area contributed by atoms with Crippen LogP contribution in [0.15, 0.2) is 48.7 Å². The van der Waals surface area contributed by atoms with E-state index in [4.69, 9.17) is 0 Å². The lowest BCUT2D eigenvalue weighted by Crippen LogP contribution is -1.88. The Morgan fingerprint density at radius 1 is 1.07 bits per heavy atom. The van der Waals surface area contributed by atoms with E-state index in [1.807, 2.05) is 24.4 Å². The zero-order valence-corrected chi connectivity index (χ0v) is 9.32. The first-order chi connectivity index (χ1) is 7.40. The minimum Gasteiger partial charge on any atom is -0.256 e. The topological polar surface area (TPSA) is 12.9 Å². The average molecular weight is 215 g/mol. The van der Waals surface area contributed by atoms with Crippen LogP contribution in [0.1, 0.15) is 5.56 Å². The summed E-state index contributed by atoms with van der Waals surface area (Å²) in [6.45, 7) is 0. The molecule has 0 aliphatic heterocycles. The van der Waals surface area contributed by atoms with Gasteiger partial charge in [-0.2, -0.15) is 12.6 Å². The lowest BCUT2D eigenvalue weighted by molar-refractivity contribution is 1.16. The van der Waals surface area contributed by atoms with Gasteiger partial charge in [0.25, 0.3) is 0 Å². The van der Waals surface area contributed by atoms with Crippen LogP contribution in [0.4, 0.5) is 0 Å². The Hall–Kier alpha value is -1.28. The molecule has 0 unspecified atom stereocenters. The maximum absolute atomic E-state index is 4.33. The van der Waals surface area contributed by atoms with Crippen LogP contribution in [0, 0.1) is 0 Å². The molecule has 0 N–H and O–H groups in total. The van der Waals surface area contributed by atoms with Crippen LogP contribution in [0.3, 0.4) is 0 Å². The molecule has 0 saturated carbocycles. The number of benzene rings is 1. The Bertz CT molecular complexity index is 426. The Balaban J connectivity index is 2.33. The van der Waals surface area contributed by atoms with Crippen LogP contribution in [0.2, 0.25) is 0 Å². The van der Waals surface area contributed by atoms with Crippen LogP contribution in [0.5, 0.6) is 0 Å². The monoisotopic (exact) mass is 215 g/mol. The normalized spacial score (nSPS) is 10.2. The summed E-state index contributed by atoms with van der Waals surface area (Å²) in [4.78, 5) is 4.33. The van der Waals surface area contributed by atoms with E-state index in [-0.39, 0.29) is 0 Å². The lowest BCUT2D eigenvalue weighted by atomic mass is 10.1. The van der Waals surface area contributed by atoms with E-state index in [9.17, 15) is 0 Å². The average Bonchev–Trinajstić information content (AvgIpc) is 2.31. The molecule has 0 aliphatic carbocycles. The van der Waals surface area contributed by atoms with E-state index in [0.717, 1.165) is 17.9 Å². The van der Waals surface area contributed by atoms with Gasteiger partial charge in [0.1, 0.15) is 0 Å². The summed E-state index contributed by atoms with van der Waals surface area (Å²) >= 11 is 4.24. The van der Waals surface area contributed by atoms with Crippen LogP contribution < -0.4 is 0 Å². The third kappa shape index (κ3) is 2.60. The standard InChI is InChI=1S/C13H13NS/c15-9-7-11-4-3-5-12(10-11)13-6-1-2-8-14-13/h1-6,8,10,15H,7,9H2. The van der Waals surface area contributed by atoms with Crippen LogP contribution in [0.25, 0.3) is 11.3 Å². The molecule has 2 aromatic rings. The van der Waals surface area contributed by atoms with Gasteiger partial charge >= 0.3 is 0 Å². The summed E-state index contributed by atoms with van der Waals surface area (Å²) < 4.78 is 0. The molecule has 15 heavy (non-hydrogen) atoms. The van der Waals surface area contributed by atoms with Gasteiger partial charge in [0.2, 0.25) is 0 Å². The van der Waals surface area contributed by atoms with Gasteiger partial charge in [-0.25, -0.2) is 0 Å². The predicted molar refractivity (Wildman–Crippen MR) is 67.2 cm³/mol. The molecule has 0 spiro atoms. The van der Waals surface area contributed by atoms with Crippen molar-refractivity contribution in [3.05, 3.63) is 54.2 Å². The Labute approximate surface area is 95.6 Å². The number of aromatic nitrogens is 1. The highest BCUT2D eigenvalue weighted by molar-refractivity contribution is 7.80. The smallest absolute Gasteiger partial charge is 0.0702 e. The van der Waals surface area contributed by atoms with Crippen molar-refractivity contribution in [1.29, 1.82) is 0 Å². The first kappa shape index (κ1) is 10.2. The number of nitrogens with zero attached hydrogens (tertiary/aromatic N) is 1. The van der Waals surface area contributed by atoms with Crippen molar-refractivity contribution in [2.75, 3.05) is 5.75 Å². The largest absolute Gasteiger partial charge is 0.256 e. The minimum absolute atomic E-state index is 0.881. The van der Waals surface area contributed by atoms with Crippen LogP contribution in [-0.2, 0) is 6.42 Å². The molecule has 1 nitrogen and oxygen atoms in total. The first-order valence-electron chi connectivity index (χ1n) is 5.01. The number of thiol groups is 1. The molecule has 0 atom stereocenters. The zero-order valence-electron chi connectivity index (χ0n) is 8.43. The van der Waals surface area contributed by atoms with E-state index < -0.39 is 0 Å². The van der Waals surface area contributed by atoms with Gasteiger partial charge in [0, 0.05) is 11.8 Å². The quantitative estimate of drug-likeness (QED) is 0.776. The molecule has 2 rings (SSSR count). The highest BCUT2D eigenvalue weighted by Crippen LogP contribution is 2.17. The third-order valence-corrected chi connectivity index (χ3v) is 2.51. The molecule has 0 radical (unpaired) electrons. The Kier molecular flexibility index (Phi) is 3.41. The Morgan fingerprint density at radius 2 is 2.00 bits per heavy atom. The Morgan fingerprint density at radius 3 is 2.73 bits per heavy atom. The predicted octanol–water partition coefficient (Wildman–Crippen LogP) is 3.22. The van der Waals surface area contributed by atoms with Gasteiger partial charge < -0.3 is 0 Å². The summed E-state index contributed by atoms with van der Waals surface area (Å²) in [7, 11) is 0. The van der Waals surface area contributed by atoms with Crippen LogP contribution in [-0.4, -0.2) is 10.7 Å². The molecule has 0 bridgehead atoms. The molecule has 0 amide bonds. The number of hydrogen-bond acceptors (Lipinski definition) is 2. The number of hydrogen-bond donors (Lipinski definition) is 1. The molecule has 0 fully saturated rings. The van der Waals surface area contributed by atoms with E-state index in [1.54, 1.807) is 0 Å². The third-order valence-electron chi connectivity index (χ3n) is 2.29. The number of pyridine rings is 1. The minimum atomic E-state index is 0.881. The molecule has 0 saturated heterocycles. The second-order valence-electron chi connectivity index (χ2n) is 3.39. The van der Waals surface area contributed by atoms with Crippen LogP contribution >= 0.6 is 12.6 Å². The second-order valence-corrected chi connectivity index (χ2v) is 3.84. The van der Waals surface area contributed by atoms with E-state index in [2.05, 4.69) is 41.9 Å². The molecule has 1 heterocycles. The molecular weight excluding hydrogens is 202 g/mol. The van der Waals surface area contributed by atoms with E-state index in [0.29, 0.717) is 0 Å². The number of rotatable bonds is 3. The van der Waals surface area contributed by atoms with E-state index >= 15 is 0 Å². The molecular formula is C13H13NS. The molecule has 2 heteroatoms. The van der Waals surface area contributed by atoms with Crippen molar-refractivity contribution >= 4 is 12.6 Å². The molecule has 1 aromatic carbocycles. The summed E-state index contributed by atoms with van der Waals surface area (Å²) in [5, 5.41) is 0. The van der Waals surface area contributed by atoms with Gasteiger partial charge in [-0.05, 0) is 35.9 Å². The molecule has 0 aliphatic rings. The van der Waals surface area contributed by atoms with Gasteiger partial charge in [-0.1, -0.05) is 24.3 Å². The molecule has 76 valence electrons. The fourth-order valence-electron chi connectivity index (χ4n) is 1.55. The zero-order chi connectivity index (χ0) is 10.5. The van der Waals surface area contributed by atoms with Crippen molar-refractivity contribution in [2.24, 2.45) is 0 Å². The van der Waals surface area contributed by atoms with Crippen molar-refractivity contribution in [3.8, 4) is 11.3 Å². The summed E-state index contributed by atoms with van der Waals surface area (Å²) in [6, 6.07) is 14.4. The number of aryl methyl sites for hydroxylation is 1. The van der Waals surface area contributed by atoms with Crippen molar-refractivity contribution in [3.63, 3.8) is 0 Å². The maximum atomic E-state index is 4.33. The fourth-order valence-corrected chi connectivity index (χ4v) is 1.81. The highest BCUT2D eigenvalue weighted by Gasteiger charge is 1.98. The van der Waals surface area contributed by atoms with E-state index in [1.165, 1.54) is 11.1 Å². The highest BCUT2D eigenvalue weighted by atomic mass is 32.1. The van der Waals surface area contributed by atoms with Gasteiger partial charge in [-0.15, -0.1) is 0 Å². The summed E-state index contributed by atoms with van der Waals surface area (Å²) in [5.41, 5.74) is 3.52. The van der Waals surface area contributed by atoms with Crippen molar-refractivity contribution in [2.45, 2.75) is 6.42 Å². The summed E-state index contributed by atoms with van der Waals surface area (Å²) in [6.07, 6.45) is 2.82. The summed E-state index contributed by atoms with van der Waals surface area (Å²) in [5.74, 6) is 0.881.